The smallest absolute Gasteiger partial charge is 0.135 e. The number of benzene rings is 9. The molecular formula is C53H37NO. The molecule has 0 aromatic heterocycles. The van der Waals surface area contributed by atoms with Gasteiger partial charge in [-0.15, -0.1) is 0 Å². The average molecular weight is 704 g/mol. The highest BCUT2D eigenvalue weighted by molar-refractivity contribution is 6.01. The van der Waals surface area contributed by atoms with Crippen LogP contribution in [0.2, 0.25) is 0 Å². The molecule has 0 unspecified atom stereocenters. The highest BCUT2D eigenvalue weighted by Crippen LogP contribution is 2.53. The summed E-state index contributed by atoms with van der Waals surface area (Å²) >= 11 is 0. The second kappa shape index (κ2) is 12.1. The molecule has 1 aliphatic heterocycles. The monoisotopic (exact) mass is 703 g/mol. The van der Waals surface area contributed by atoms with Crippen LogP contribution in [0.3, 0.4) is 0 Å². The van der Waals surface area contributed by atoms with Crippen LogP contribution in [0.25, 0.3) is 66.1 Å². The standard InChI is InChI=1S/C53H37NO/c1-53(2)49-19-11-10-18-43(49)44-26-23-42(33-50(44)53)54(40-16-4-3-5-17-40)41-24-27-51-48(32-41)47-30-37-15-9-8-14-36(37)29-46(47)45-25-22-39(31-52(45)55-51)38-21-20-34-12-6-7-13-35(34)28-38/h3-33H,1-2H3. The fourth-order valence-corrected chi connectivity index (χ4v) is 8.99. The van der Waals surface area contributed by atoms with Crippen molar-refractivity contribution in [3.8, 4) is 56.0 Å². The molecule has 55 heavy (non-hydrogen) atoms. The summed E-state index contributed by atoms with van der Waals surface area (Å²) in [5.74, 6) is 1.70. The Balaban J connectivity index is 1.09. The summed E-state index contributed by atoms with van der Waals surface area (Å²) in [6, 6.07) is 68.4. The van der Waals surface area contributed by atoms with E-state index in [9.17, 15) is 0 Å². The third-order valence-corrected chi connectivity index (χ3v) is 11.8. The van der Waals surface area contributed by atoms with Gasteiger partial charge >= 0.3 is 0 Å². The van der Waals surface area contributed by atoms with Crippen LogP contribution in [0.5, 0.6) is 11.5 Å². The number of nitrogens with zero attached hydrogens (tertiary/aromatic N) is 1. The van der Waals surface area contributed by atoms with Crippen LogP contribution >= 0.6 is 0 Å². The summed E-state index contributed by atoms with van der Waals surface area (Å²) in [7, 11) is 0. The van der Waals surface area contributed by atoms with E-state index in [2.05, 4.69) is 207 Å². The highest BCUT2D eigenvalue weighted by Gasteiger charge is 2.36. The zero-order valence-electron chi connectivity index (χ0n) is 30.8. The zero-order chi connectivity index (χ0) is 36.7. The molecule has 0 saturated carbocycles. The fourth-order valence-electron chi connectivity index (χ4n) is 8.99. The molecule has 2 nitrogen and oxygen atoms in total. The molecule has 260 valence electrons. The summed E-state index contributed by atoms with van der Waals surface area (Å²) in [4.78, 5) is 2.39. The number of hydrogen-bond acceptors (Lipinski definition) is 2. The third-order valence-electron chi connectivity index (χ3n) is 11.8. The Kier molecular flexibility index (Phi) is 6.93. The Hall–Kier alpha value is -6.90. The lowest BCUT2D eigenvalue weighted by atomic mass is 9.82. The molecule has 2 aliphatic rings. The molecule has 9 aromatic rings. The van der Waals surface area contributed by atoms with Crippen molar-refractivity contribution in [3.63, 3.8) is 0 Å². The average Bonchev–Trinajstić information content (AvgIpc) is 3.37. The lowest BCUT2D eigenvalue weighted by molar-refractivity contribution is 0.488. The first-order valence-corrected chi connectivity index (χ1v) is 19.1. The summed E-state index contributed by atoms with van der Waals surface area (Å²) < 4.78 is 7.01. The van der Waals surface area contributed by atoms with Crippen LogP contribution in [0, 0.1) is 0 Å². The molecule has 0 bridgehead atoms. The van der Waals surface area contributed by atoms with Crippen molar-refractivity contribution < 1.29 is 4.74 Å². The SMILES string of the molecule is CC1(C)c2ccccc2-c2ccc(N(c3ccccc3)c3ccc4c(c3)-c3cc5ccccc5cc3-c3ccc(-c5ccc6ccccc6c5)cc3O4)cc21. The Morgan fingerprint density at radius 3 is 1.73 bits per heavy atom. The largest absolute Gasteiger partial charge is 0.456 e. The maximum Gasteiger partial charge on any atom is 0.135 e. The van der Waals surface area contributed by atoms with E-state index in [0.29, 0.717) is 0 Å². The molecule has 2 heteroatoms. The van der Waals surface area contributed by atoms with Crippen LogP contribution in [-0.2, 0) is 5.41 Å². The maximum absolute atomic E-state index is 7.01. The minimum atomic E-state index is -0.108. The van der Waals surface area contributed by atoms with Crippen molar-refractivity contribution in [2.45, 2.75) is 19.3 Å². The molecule has 1 aliphatic carbocycles. The molecule has 0 fully saturated rings. The van der Waals surface area contributed by atoms with Gasteiger partial charge in [-0.3, -0.25) is 0 Å². The molecule has 0 amide bonds. The van der Waals surface area contributed by atoms with Gasteiger partial charge in [-0.2, -0.15) is 0 Å². The molecule has 11 rings (SSSR count). The fraction of sp³-hybridized carbons (Fsp3) is 0.0566. The van der Waals surface area contributed by atoms with Gasteiger partial charge in [-0.1, -0.05) is 129 Å². The Bertz CT molecular complexity index is 2990. The van der Waals surface area contributed by atoms with Gasteiger partial charge in [0, 0.05) is 33.6 Å². The number of rotatable bonds is 4. The normalized spacial score (nSPS) is 13.2. The quantitative estimate of drug-likeness (QED) is 0.181. The van der Waals surface area contributed by atoms with Crippen LogP contribution in [0.15, 0.2) is 188 Å². The zero-order valence-corrected chi connectivity index (χ0v) is 30.8. The topological polar surface area (TPSA) is 12.5 Å². The molecule has 1 heterocycles. The molecule has 0 spiro atoms. The number of ether oxygens (including phenoxy) is 1. The first-order chi connectivity index (χ1) is 27.0. The van der Waals surface area contributed by atoms with Crippen LogP contribution < -0.4 is 9.64 Å². The van der Waals surface area contributed by atoms with E-state index in [1.54, 1.807) is 0 Å². The number of hydrogen-bond donors (Lipinski definition) is 0. The summed E-state index contributed by atoms with van der Waals surface area (Å²) in [6.45, 7) is 4.69. The minimum Gasteiger partial charge on any atom is -0.456 e. The van der Waals surface area contributed by atoms with Crippen LogP contribution in [0.4, 0.5) is 17.1 Å². The van der Waals surface area contributed by atoms with E-state index in [1.165, 1.54) is 49.4 Å². The highest BCUT2D eigenvalue weighted by atomic mass is 16.5. The van der Waals surface area contributed by atoms with E-state index >= 15 is 0 Å². The van der Waals surface area contributed by atoms with E-state index in [4.69, 9.17) is 4.74 Å². The molecule has 0 radical (unpaired) electrons. The second-order valence-corrected chi connectivity index (χ2v) is 15.4. The lowest BCUT2D eigenvalue weighted by Gasteiger charge is -2.28. The van der Waals surface area contributed by atoms with Gasteiger partial charge in [0.2, 0.25) is 0 Å². The van der Waals surface area contributed by atoms with Gasteiger partial charge in [0.25, 0.3) is 0 Å². The minimum absolute atomic E-state index is 0.108. The van der Waals surface area contributed by atoms with Crippen molar-refractivity contribution in [2.75, 3.05) is 4.90 Å². The van der Waals surface area contributed by atoms with Gasteiger partial charge in [0.15, 0.2) is 0 Å². The van der Waals surface area contributed by atoms with E-state index in [-0.39, 0.29) is 5.41 Å². The van der Waals surface area contributed by atoms with Crippen LogP contribution in [0.1, 0.15) is 25.0 Å². The molecule has 0 atom stereocenters. The third kappa shape index (κ3) is 5.02. The Morgan fingerprint density at radius 2 is 0.927 bits per heavy atom. The van der Waals surface area contributed by atoms with Crippen molar-refractivity contribution >= 4 is 38.6 Å². The van der Waals surface area contributed by atoms with Gasteiger partial charge in [0.05, 0.1) is 0 Å². The first kappa shape index (κ1) is 31.6. The molecular weight excluding hydrogens is 667 g/mol. The predicted octanol–water partition coefficient (Wildman–Crippen LogP) is 14.9. The van der Waals surface area contributed by atoms with Crippen LogP contribution in [-0.4, -0.2) is 0 Å². The Morgan fingerprint density at radius 1 is 0.345 bits per heavy atom. The Labute approximate surface area is 321 Å². The van der Waals surface area contributed by atoms with Gasteiger partial charge in [-0.05, 0) is 139 Å². The van der Waals surface area contributed by atoms with Gasteiger partial charge in [0.1, 0.15) is 11.5 Å². The van der Waals surface area contributed by atoms with Crippen molar-refractivity contribution in [1.82, 2.24) is 0 Å². The van der Waals surface area contributed by atoms with Crippen molar-refractivity contribution in [2.24, 2.45) is 0 Å². The maximum atomic E-state index is 7.01. The predicted molar refractivity (Wildman–Crippen MR) is 230 cm³/mol. The molecule has 9 aromatic carbocycles. The molecule has 0 N–H and O–H groups in total. The van der Waals surface area contributed by atoms with E-state index in [1.807, 2.05) is 0 Å². The summed E-state index contributed by atoms with van der Waals surface area (Å²) in [5.41, 5.74) is 15.3. The van der Waals surface area contributed by atoms with Gasteiger partial charge < -0.3 is 9.64 Å². The first-order valence-electron chi connectivity index (χ1n) is 19.1. The van der Waals surface area contributed by atoms with Crippen molar-refractivity contribution in [1.29, 1.82) is 0 Å². The summed E-state index contributed by atoms with van der Waals surface area (Å²) in [5, 5.41) is 4.87. The summed E-state index contributed by atoms with van der Waals surface area (Å²) in [6.07, 6.45) is 0. The second-order valence-electron chi connectivity index (χ2n) is 15.4. The van der Waals surface area contributed by atoms with E-state index in [0.717, 1.165) is 56.4 Å². The number of anilines is 3. The number of fused-ring (bicyclic) bond motifs is 10. The number of para-hydroxylation sites is 1. The van der Waals surface area contributed by atoms with Crippen molar-refractivity contribution in [3.05, 3.63) is 199 Å². The van der Waals surface area contributed by atoms with E-state index < -0.39 is 0 Å². The van der Waals surface area contributed by atoms with Gasteiger partial charge in [-0.25, -0.2) is 0 Å². The lowest BCUT2D eigenvalue weighted by Crippen LogP contribution is -2.16. The molecule has 0 saturated heterocycles.